The van der Waals surface area contributed by atoms with Crippen LogP contribution in [-0.2, 0) is 6.54 Å². The average molecular weight is 374 g/mol. The van der Waals surface area contributed by atoms with Gasteiger partial charge >= 0.3 is 0 Å². The zero-order valence-corrected chi connectivity index (χ0v) is 13.6. The van der Waals surface area contributed by atoms with Crippen LogP contribution in [0.1, 0.15) is 16.1 Å². The second-order valence-corrected chi connectivity index (χ2v) is 5.90. The van der Waals surface area contributed by atoms with Crippen LogP contribution in [0.25, 0.3) is 11.3 Å². The van der Waals surface area contributed by atoms with Crippen LogP contribution >= 0.6 is 15.9 Å². The Kier molecular flexibility index (Phi) is 4.52. The van der Waals surface area contributed by atoms with Gasteiger partial charge in [-0.2, -0.15) is 5.10 Å². The summed E-state index contributed by atoms with van der Waals surface area (Å²) in [5.74, 6) is -0.557. The highest BCUT2D eigenvalue weighted by molar-refractivity contribution is 9.10. The summed E-state index contributed by atoms with van der Waals surface area (Å²) in [5, 5.41) is 9.65. The number of aromatic amines is 1. The Morgan fingerprint density at radius 2 is 1.83 bits per heavy atom. The van der Waals surface area contributed by atoms with Crippen LogP contribution in [-0.4, -0.2) is 16.1 Å². The number of hydrogen-bond donors (Lipinski definition) is 2. The summed E-state index contributed by atoms with van der Waals surface area (Å²) in [5.41, 5.74) is 2.82. The molecule has 0 radical (unpaired) electrons. The molecule has 0 saturated heterocycles. The molecular weight excluding hydrogens is 361 g/mol. The van der Waals surface area contributed by atoms with Gasteiger partial charge in [0.05, 0.1) is 5.69 Å². The summed E-state index contributed by atoms with van der Waals surface area (Å²) in [6.07, 6.45) is 0. The number of nitrogens with one attached hydrogen (secondary N) is 2. The van der Waals surface area contributed by atoms with E-state index in [-0.39, 0.29) is 11.7 Å². The molecule has 23 heavy (non-hydrogen) atoms. The third-order valence-corrected chi connectivity index (χ3v) is 3.86. The fraction of sp³-hybridized carbons (Fsp3) is 0.0588. The number of H-pyrrole nitrogens is 1. The maximum absolute atomic E-state index is 12.8. The van der Waals surface area contributed by atoms with Crippen molar-refractivity contribution < 1.29 is 9.18 Å². The number of hydrogen-bond acceptors (Lipinski definition) is 2. The first-order valence-electron chi connectivity index (χ1n) is 6.96. The van der Waals surface area contributed by atoms with E-state index in [1.54, 1.807) is 18.2 Å². The summed E-state index contributed by atoms with van der Waals surface area (Å²) in [6.45, 7) is 0.325. The topological polar surface area (TPSA) is 57.8 Å². The molecule has 0 aliphatic heterocycles. The van der Waals surface area contributed by atoms with E-state index in [1.165, 1.54) is 12.1 Å². The summed E-state index contributed by atoms with van der Waals surface area (Å²) in [4.78, 5) is 12.1. The van der Waals surface area contributed by atoms with Gasteiger partial charge in [-0.15, -0.1) is 0 Å². The number of carbonyl (C=O) groups excluding carboxylic acids is 1. The van der Waals surface area contributed by atoms with Crippen LogP contribution in [0.4, 0.5) is 4.39 Å². The lowest BCUT2D eigenvalue weighted by Crippen LogP contribution is -2.23. The highest BCUT2D eigenvalue weighted by Crippen LogP contribution is 2.20. The van der Waals surface area contributed by atoms with Gasteiger partial charge in [-0.1, -0.05) is 40.2 Å². The van der Waals surface area contributed by atoms with Crippen molar-refractivity contribution in [2.24, 2.45) is 0 Å². The first-order valence-corrected chi connectivity index (χ1v) is 7.75. The predicted octanol–water partition coefficient (Wildman–Crippen LogP) is 3.91. The molecule has 0 bridgehead atoms. The van der Waals surface area contributed by atoms with Gasteiger partial charge in [-0.25, -0.2) is 4.39 Å². The lowest BCUT2D eigenvalue weighted by Gasteiger charge is -2.03. The lowest BCUT2D eigenvalue weighted by molar-refractivity contribution is 0.0946. The first kappa shape index (κ1) is 15.4. The van der Waals surface area contributed by atoms with Crippen molar-refractivity contribution in [2.75, 3.05) is 0 Å². The average Bonchev–Trinajstić information content (AvgIpc) is 3.05. The van der Waals surface area contributed by atoms with E-state index >= 15 is 0 Å². The predicted molar refractivity (Wildman–Crippen MR) is 89.3 cm³/mol. The third-order valence-electron chi connectivity index (χ3n) is 3.33. The summed E-state index contributed by atoms with van der Waals surface area (Å²) in [6, 6.07) is 15.4. The number of amides is 1. The number of halogens is 2. The highest BCUT2D eigenvalue weighted by atomic mass is 79.9. The van der Waals surface area contributed by atoms with E-state index in [0.29, 0.717) is 17.9 Å². The van der Waals surface area contributed by atoms with Gasteiger partial charge in [0.25, 0.3) is 5.91 Å². The van der Waals surface area contributed by atoms with Gasteiger partial charge in [0.2, 0.25) is 0 Å². The summed E-state index contributed by atoms with van der Waals surface area (Å²) >= 11 is 3.38. The van der Waals surface area contributed by atoms with Crippen LogP contribution in [0.2, 0.25) is 0 Å². The second kappa shape index (κ2) is 6.75. The van der Waals surface area contributed by atoms with E-state index in [1.807, 2.05) is 24.3 Å². The van der Waals surface area contributed by atoms with Crippen molar-refractivity contribution >= 4 is 21.8 Å². The quantitative estimate of drug-likeness (QED) is 0.728. The molecule has 3 rings (SSSR count). The van der Waals surface area contributed by atoms with Crippen LogP contribution in [0.3, 0.4) is 0 Å². The van der Waals surface area contributed by atoms with E-state index < -0.39 is 0 Å². The van der Waals surface area contributed by atoms with Crippen LogP contribution in [0.15, 0.2) is 59.1 Å². The number of nitrogens with zero attached hydrogens (tertiary/aromatic N) is 1. The zero-order chi connectivity index (χ0) is 16.2. The summed E-state index contributed by atoms with van der Waals surface area (Å²) < 4.78 is 13.8. The molecule has 1 amide bonds. The minimum Gasteiger partial charge on any atom is -0.347 e. The molecule has 0 saturated carbocycles. The molecule has 0 aliphatic carbocycles. The molecule has 4 nitrogen and oxygen atoms in total. The largest absolute Gasteiger partial charge is 0.347 e. The fourth-order valence-corrected chi connectivity index (χ4v) is 2.35. The van der Waals surface area contributed by atoms with E-state index in [9.17, 15) is 9.18 Å². The molecule has 6 heteroatoms. The first-order chi connectivity index (χ1) is 11.1. The Labute approximate surface area is 140 Å². The van der Waals surface area contributed by atoms with Gasteiger partial charge in [0.1, 0.15) is 11.5 Å². The molecule has 0 atom stereocenters. The van der Waals surface area contributed by atoms with Gasteiger partial charge in [0.15, 0.2) is 0 Å². The van der Waals surface area contributed by atoms with E-state index in [4.69, 9.17) is 0 Å². The minimum atomic E-state index is -0.298. The number of rotatable bonds is 4. The molecule has 1 heterocycles. The molecule has 3 aromatic rings. The van der Waals surface area contributed by atoms with Gasteiger partial charge in [-0.3, -0.25) is 9.89 Å². The zero-order valence-electron chi connectivity index (χ0n) is 12.0. The maximum Gasteiger partial charge on any atom is 0.269 e. The van der Waals surface area contributed by atoms with Gasteiger partial charge < -0.3 is 5.32 Å². The molecule has 0 unspecified atom stereocenters. The van der Waals surface area contributed by atoms with Crippen molar-refractivity contribution in [2.45, 2.75) is 6.54 Å². The Morgan fingerprint density at radius 1 is 1.13 bits per heavy atom. The van der Waals surface area contributed by atoms with Crippen molar-refractivity contribution in [3.63, 3.8) is 0 Å². The summed E-state index contributed by atoms with van der Waals surface area (Å²) in [7, 11) is 0. The Morgan fingerprint density at radius 3 is 2.52 bits per heavy atom. The van der Waals surface area contributed by atoms with Crippen molar-refractivity contribution in [3.05, 3.63) is 76.1 Å². The standard InChI is InChI=1S/C17H13BrFN3O/c18-13-5-3-12(4-6-13)15-9-16(22-21-15)17(23)20-10-11-1-7-14(19)8-2-11/h1-9H,10H2,(H,20,23)(H,21,22). The highest BCUT2D eigenvalue weighted by Gasteiger charge is 2.10. The van der Waals surface area contributed by atoms with Crippen LogP contribution in [0.5, 0.6) is 0 Å². The second-order valence-electron chi connectivity index (χ2n) is 4.98. The Bertz CT molecular complexity index is 813. The monoisotopic (exact) mass is 373 g/mol. The van der Waals surface area contributed by atoms with E-state index in [0.717, 1.165) is 15.6 Å². The minimum absolute atomic E-state index is 0.259. The van der Waals surface area contributed by atoms with E-state index in [2.05, 4.69) is 31.4 Å². The van der Waals surface area contributed by atoms with Crippen LogP contribution < -0.4 is 5.32 Å². The Balaban J connectivity index is 1.66. The maximum atomic E-state index is 12.8. The van der Waals surface area contributed by atoms with Crippen LogP contribution in [0, 0.1) is 5.82 Å². The van der Waals surface area contributed by atoms with Crippen molar-refractivity contribution in [1.82, 2.24) is 15.5 Å². The molecule has 0 fully saturated rings. The smallest absolute Gasteiger partial charge is 0.269 e. The molecule has 1 aromatic heterocycles. The third kappa shape index (κ3) is 3.84. The molecule has 0 aliphatic rings. The normalized spacial score (nSPS) is 10.5. The lowest BCUT2D eigenvalue weighted by atomic mass is 10.1. The molecule has 116 valence electrons. The van der Waals surface area contributed by atoms with Gasteiger partial charge in [0, 0.05) is 16.6 Å². The molecule has 2 N–H and O–H groups in total. The molecule has 0 spiro atoms. The van der Waals surface area contributed by atoms with Crippen molar-refractivity contribution in [3.8, 4) is 11.3 Å². The number of benzene rings is 2. The molecular formula is C17H13BrFN3O. The number of carbonyl (C=O) groups is 1. The SMILES string of the molecule is O=C(NCc1ccc(F)cc1)c1cc(-c2ccc(Br)cc2)n[nH]1. The van der Waals surface area contributed by atoms with Crippen molar-refractivity contribution in [1.29, 1.82) is 0 Å². The molecule has 2 aromatic carbocycles. The van der Waals surface area contributed by atoms with Gasteiger partial charge in [-0.05, 0) is 35.9 Å². The fourth-order valence-electron chi connectivity index (χ4n) is 2.09. The number of aromatic nitrogens is 2. The Hall–Kier alpha value is -2.47.